The predicted molar refractivity (Wildman–Crippen MR) is 113 cm³/mol. The second-order valence-electron chi connectivity index (χ2n) is 6.45. The minimum absolute atomic E-state index is 0.604. The Labute approximate surface area is 174 Å². The molecule has 0 N–H and O–H groups in total. The summed E-state index contributed by atoms with van der Waals surface area (Å²) < 4.78 is 37.5. The van der Waals surface area contributed by atoms with Crippen LogP contribution in [0, 0.1) is 0 Å². The van der Waals surface area contributed by atoms with Gasteiger partial charge in [-0.15, -0.1) is 0 Å². The van der Waals surface area contributed by atoms with Crippen molar-refractivity contribution in [2.45, 2.75) is 0 Å². The van der Waals surface area contributed by atoms with Gasteiger partial charge in [-0.2, -0.15) is 13.5 Å². The van der Waals surface area contributed by atoms with E-state index in [1.54, 1.807) is 0 Å². The highest BCUT2D eigenvalue weighted by molar-refractivity contribution is 8.07. The van der Waals surface area contributed by atoms with Crippen molar-refractivity contribution >= 4 is 53.8 Å². The van der Waals surface area contributed by atoms with E-state index in [1.165, 1.54) is 0 Å². The Morgan fingerprint density at radius 3 is 0.926 bits per heavy atom. The number of nitrogens with zero attached hydrogens (tertiary/aromatic N) is 6. The van der Waals surface area contributed by atoms with E-state index in [2.05, 4.69) is 14.0 Å². The third-order valence-corrected chi connectivity index (χ3v) is 19.1. The maximum absolute atomic E-state index is 7.12. The molecule has 0 spiro atoms. The van der Waals surface area contributed by atoms with Crippen molar-refractivity contribution in [3.05, 3.63) is 0 Å². The summed E-state index contributed by atoms with van der Waals surface area (Å²) >= 11 is 21.4. The highest BCUT2D eigenvalue weighted by Crippen LogP contribution is 2.85. The molecule has 3 saturated heterocycles. The Kier molecular flexibility index (Phi) is 7.04. The summed E-state index contributed by atoms with van der Waals surface area (Å²) in [6, 6.07) is 0. The van der Waals surface area contributed by atoms with Crippen LogP contribution >= 0.6 is 53.8 Å². The van der Waals surface area contributed by atoms with Gasteiger partial charge in [0, 0.05) is 39.3 Å². The van der Waals surface area contributed by atoms with Crippen LogP contribution in [0.2, 0.25) is 0 Å². The first-order chi connectivity index (χ1) is 12.9. The van der Waals surface area contributed by atoms with Crippen molar-refractivity contribution in [3.8, 4) is 0 Å². The first-order valence-electron chi connectivity index (χ1n) is 8.94. The lowest BCUT2D eigenvalue weighted by Crippen LogP contribution is -2.35. The summed E-state index contributed by atoms with van der Waals surface area (Å²) in [6.07, 6.45) is 0. The van der Waals surface area contributed by atoms with Crippen LogP contribution in [0.15, 0.2) is 13.5 Å². The summed E-state index contributed by atoms with van der Waals surface area (Å²) in [7, 11) is 0. The van der Waals surface area contributed by atoms with E-state index in [0.717, 1.165) is 0 Å². The Hall–Kier alpha value is 1.32. The molecule has 3 fully saturated rings. The molecule has 0 amide bonds. The molecular formula is C12H24Cl3N6O3P3. The summed E-state index contributed by atoms with van der Waals surface area (Å²) in [5, 5.41) is 0. The van der Waals surface area contributed by atoms with Gasteiger partial charge < -0.3 is 14.2 Å². The summed E-state index contributed by atoms with van der Waals surface area (Å²) in [5.41, 5.74) is 0. The van der Waals surface area contributed by atoms with Crippen LogP contribution in [-0.2, 0) is 14.2 Å². The van der Waals surface area contributed by atoms with Crippen molar-refractivity contribution in [2.75, 3.05) is 78.9 Å². The van der Waals surface area contributed by atoms with E-state index in [0.29, 0.717) is 78.9 Å². The predicted octanol–water partition coefficient (Wildman–Crippen LogP) is 4.55. The Morgan fingerprint density at radius 2 is 0.704 bits per heavy atom. The molecule has 0 atom stereocenters. The number of hydrogen-bond donors (Lipinski definition) is 0. The van der Waals surface area contributed by atoms with E-state index in [1.807, 2.05) is 0 Å². The fourth-order valence-corrected chi connectivity index (χ4v) is 20.2. The van der Waals surface area contributed by atoms with Crippen LogP contribution in [-0.4, -0.2) is 92.9 Å². The molecule has 0 aromatic carbocycles. The van der Waals surface area contributed by atoms with Crippen LogP contribution in [0.4, 0.5) is 0 Å². The number of rotatable bonds is 3. The molecule has 4 rings (SSSR count). The average Bonchev–Trinajstić information content (AvgIpc) is 2.69. The highest BCUT2D eigenvalue weighted by atomic mass is 35.7. The third-order valence-electron chi connectivity index (χ3n) is 4.72. The van der Waals surface area contributed by atoms with Crippen LogP contribution < -0.4 is 0 Å². The Balaban J connectivity index is 1.80. The monoisotopic (exact) mass is 498 g/mol. The molecule has 4 aliphatic rings. The van der Waals surface area contributed by atoms with Gasteiger partial charge in [0.2, 0.25) is 20.1 Å². The van der Waals surface area contributed by atoms with Crippen LogP contribution in [0.1, 0.15) is 0 Å². The van der Waals surface area contributed by atoms with E-state index in [4.69, 9.17) is 61.5 Å². The second kappa shape index (κ2) is 8.82. The molecule has 0 radical (unpaired) electrons. The quantitative estimate of drug-likeness (QED) is 0.531. The number of halogens is 3. The van der Waals surface area contributed by atoms with Crippen molar-refractivity contribution in [1.29, 1.82) is 0 Å². The van der Waals surface area contributed by atoms with Crippen molar-refractivity contribution in [1.82, 2.24) is 14.0 Å². The van der Waals surface area contributed by atoms with Gasteiger partial charge in [-0.1, -0.05) is 0 Å². The standard InChI is InChI=1S/C12H24Cl3N6O3P3/c13-25(19-1-7-22-8-2-19)16-26(14,20-3-9-23-10-4-20)18-27(15,17-25)21-5-11-24-12-6-21/h1-12H2. The zero-order valence-electron chi connectivity index (χ0n) is 14.9. The number of morpholine rings is 3. The van der Waals surface area contributed by atoms with E-state index in [-0.39, 0.29) is 0 Å². The molecule has 0 saturated carbocycles. The zero-order valence-corrected chi connectivity index (χ0v) is 19.8. The first-order valence-corrected chi connectivity index (χ1v) is 16.6. The Bertz CT molecular complexity index is 611. The van der Waals surface area contributed by atoms with Crippen LogP contribution in [0.5, 0.6) is 0 Å². The fourth-order valence-electron chi connectivity index (χ4n) is 3.25. The maximum atomic E-state index is 7.12. The normalized spacial score (nSPS) is 42.8. The third kappa shape index (κ3) is 4.66. The van der Waals surface area contributed by atoms with Crippen LogP contribution in [0.25, 0.3) is 0 Å². The van der Waals surface area contributed by atoms with Crippen molar-refractivity contribution in [2.24, 2.45) is 13.5 Å². The second-order valence-corrected chi connectivity index (χ2v) is 17.3. The van der Waals surface area contributed by atoms with Gasteiger partial charge in [0.1, 0.15) is 0 Å². The molecule has 4 aliphatic heterocycles. The van der Waals surface area contributed by atoms with Gasteiger partial charge in [0.05, 0.1) is 39.6 Å². The molecule has 156 valence electrons. The summed E-state index contributed by atoms with van der Waals surface area (Å²) in [4.78, 5) is 0. The summed E-state index contributed by atoms with van der Waals surface area (Å²) in [5.74, 6) is 0. The molecule has 15 heteroatoms. The molecule has 4 heterocycles. The van der Waals surface area contributed by atoms with Gasteiger partial charge in [-0.05, 0) is 33.7 Å². The molecule has 0 bridgehead atoms. The molecule has 27 heavy (non-hydrogen) atoms. The lowest BCUT2D eigenvalue weighted by atomic mass is 10.5. The SMILES string of the molecule is ClP1(N2CCOCC2)=NP(Cl)(N2CCOCC2)=NP(Cl)(N2CCOCC2)=N1. The number of hydrogen-bond acceptors (Lipinski definition) is 9. The topological polar surface area (TPSA) is 74.5 Å². The molecule has 0 unspecified atom stereocenters. The number of ether oxygens (including phenoxy) is 3. The van der Waals surface area contributed by atoms with E-state index >= 15 is 0 Å². The lowest BCUT2D eigenvalue weighted by Gasteiger charge is -2.42. The molecule has 9 nitrogen and oxygen atoms in total. The van der Waals surface area contributed by atoms with Crippen molar-refractivity contribution in [3.63, 3.8) is 0 Å². The van der Waals surface area contributed by atoms with Gasteiger partial charge in [0.15, 0.2) is 0 Å². The van der Waals surface area contributed by atoms with Crippen LogP contribution in [0.3, 0.4) is 0 Å². The smallest absolute Gasteiger partial charge is 0.239 e. The minimum Gasteiger partial charge on any atom is -0.379 e. The maximum Gasteiger partial charge on any atom is 0.239 e. The van der Waals surface area contributed by atoms with Gasteiger partial charge in [-0.3, -0.25) is 0 Å². The first kappa shape index (κ1) is 21.5. The zero-order chi connectivity index (χ0) is 19.0. The van der Waals surface area contributed by atoms with E-state index < -0.39 is 20.1 Å². The summed E-state index contributed by atoms with van der Waals surface area (Å²) in [6.45, 7) is -0.639. The lowest BCUT2D eigenvalue weighted by molar-refractivity contribution is 0.0732. The molecular weight excluding hydrogens is 475 g/mol. The van der Waals surface area contributed by atoms with Crippen molar-refractivity contribution < 1.29 is 14.2 Å². The van der Waals surface area contributed by atoms with Gasteiger partial charge >= 0.3 is 0 Å². The minimum atomic E-state index is -2.76. The largest absolute Gasteiger partial charge is 0.379 e. The molecule has 0 aromatic heterocycles. The van der Waals surface area contributed by atoms with Gasteiger partial charge in [0.25, 0.3) is 0 Å². The van der Waals surface area contributed by atoms with Gasteiger partial charge in [-0.25, -0.2) is 14.0 Å². The fraction of sp³-hybridized carbons (Fsp3) is 1.00. The van der Waals surface area contributed by atoms with E-state index in [9.17, 15) is 0 Å². The molecule has 0 aromatic rings. The highest BCUT2D eigenvalue weighted by Gasteiger charge is 2.44. The average molecular weight is 500 g/mol. The Morgan fingerprint density at radius 1 is 0.481 bits per heavy atom. The molecule has 0 aliphatic carbocycles.